The van der Waals surface area contributed by atoms with E-state index < -0.39 is 0 Å². The number of nitrogens with two attached hydrogens (primary N) is 1. The average molecular weight is 350 g/mol. The van der Waals surface area contributed by atoms with Crippen molar-refractivity contribution in [2.45, 2.75) is 33.6 Å². The SMILES string of the molecule is CCCc1nc(NN)c(C)c(Nc2ccc(Br)cc2C)n1. The summed E-state index contributed by atoms with van der Waals surface area (Å²) >= 11 is 3.47. The van der Waals surface area contributed by atoms with Gasteiger partial charge in [0.2, 0.25) is 0 Å². The first-order chi connectivity index (χ1) is 10.0. The van der Waals surface area contributed by atoms with Crippen molar-refractivity contribution in [1.29, 1.82) is 0 Å². The highest BCUT2D eigenvalue weighted by Gasteiger charge is 2.11. The zero-order chi connectivity index (χ0) is 15.4. The van der Waals surface area contributed by atoms with Crippen LogP contribution in [0.4, 0.5) is 17.3 Å². The lowest BCUT2D eigenvalue weighted by molar-refractivity contribution is 0.833. The second kappa shape index (κ2) is 6.87. The van der Waals surface area contributed by atoms with Crippen LogP contribution in [0.5, 0.6) is 0 Å². The summed E-state index contributed by atoms with van der Waals surface area (Å²) in [7, 11) is 0. The van der Waals surface area contributed by atoms with Crippen molar-refractivity contribution in [2.75, 3.05) is 10.7 Å². The van der Waals surface area contributed by atoms with Crippen molar-refractivity contribution in [3.63, 3.8) is 0 Å². The van der Waals surface area contributed by atoms with E-state index in [1.54, 1.807) is 0 Å². The Kier molecular flexibility index (Phi) is 5.14. The quantitative estimate of drug-likeness (QED) is 0.564. The van der Waals surface area contributed by atoms with Gasteiger partial charge in [-0.15, -0.1) is 0 Å². The molecule has 1 aromatic heterocycles. The lowest BCUT2D eigenvalue weighted by Crippen LogP contribution is -2.14. The van der Waals surface area contributed by atoms with Crippen LogP contribution in [-0.4, -0.2) is 9.97 Å². The Hall–Kier alpha value is -1.66. The number of anilines is 3. The van der Waals surface area contributed by atoms with E-state index in [0.29, 0.717) is 5.82 Å². The molecule has 0 unspecified atom stereocenters. The van der Waals surface area contributed by atoms with Gasteiger partial charge >= 0.3 is 0 Å². The van der Waals surface area contributed by atoms with Gasteiger partial charge in [0.25, 0.3) is 0 Å². The number of hydrogen-bond acceptors (Lipinski definition) is 5. The van der Waals surface area contributed by atoms with Crippen LogP contribution in [0, 0.1) is 13.8 Å². The fourth-order valence-electron chi connectivity index (χ4n) is 2.06. The number of nitrogens with zero attached hydrogens (tertiary/aromatic N) is 2. The molecule has 6 heteroatoms. The molecule has 0 saturated carbocycles. The molecule has 0 atom stereocenters. The summed E-state index contributed by atoms with van der Waals surface area (Å²) in [6.07, 6.45) is 1.81. The van der Waals surface area contributed by atoms with Crippen molar-refractivity contribution in [3.05, 3.63) is 39.6 Å². The van der Waals surface area contributed by atoms with Crippen LogP contribution in [0.25, 0.3) is 0 Å². The maximum atomic E-state index is 5.55. The van der Waals surface area contributed by atoms with Gasteiger partial charge in [0.1, 0.15) is 17.5 Å². The molecule has 0 fully saturated rings. The number of aromatic nitrogens is 2. The van der Waals surface area contributed by atoms with E-state index in [9.17, 15) is 0 Å². The Morgan fingerprint density at radius 3 is 2.52 bits per heavy atom. The lowest BCUT2D eigenvalue weighted by atomic mass is 10.2. The number of nitrogen functional groups attached to an aromatic ring is 1. The molecule has 1 heterocycles. The molecule has 21 heavy (non-hydrogen) atoms. The van der Waals surface area contributed by atoms with E-state index in [-0.39, 0.29) is 0 Å². The zero-order valence-corrected chi connectivity index (χ0v) is 14.1. The summed E-state index contributed by atoms with van der Waals surface area (Å²) in [6.45, 7) is 6.10. The van der Waals surface area contributed by atoms with Crippen LogP contribution in [-0.2, 0) is 6.42 Å². The number of halogens is 1. The normalized spacial score (nSPS) is 10.5. The number of nitrogens with one attached hydrogen (secondary N) is 2. The molecule has 0 aliphatic heterocycles. The highest BCUT2D eigenvalue weighted by atomic mass is 79.9. The average Bonchev–Trinajstić information content (AvgIpc) is 2.45. The van der Waals surface area contributed by atoms with Gasteiger partial charge in [-0.25, -0.2) is 15.8 Å². The second-order valence-corrected chi connectivity index (χ2v) is 5.86. The van der Waals surface area contributed by atoms with Crippen LogP contribution >= 0.6 is 15.9 Å². The third kappa shape index (κ3) is 3.71. The van der Waals surface area contributed by atoms with Crippen LogP contribution in [0.2, 0.25) is 0 Å². The first-order valence-corrected chi connectivity index (χ1v) is 7.71. The fraction of sp³-hybridized carbons (Fsp3) is 0.333. The van der Waals surface area contributed by atoms with Crippen molar-refractivity contribution in [2.24, 2.45) is 5.84 Å². The summed E-state index contributed by atoms with van der Waals surface area (Å²) < 4.78 is 1.06. The molecule has 0 aliphatic carbocycles. The molecular weight excluding hydrogens is 330 g/mol. The van der Waals surface area contributed by atoms with Crippen LogP contribution in [0.15, 0.2) is 22.7 Å². The minimum atomic E-state index is 0.658. The maximum absolute atomic E-state index is 5.55. The minimum absolute atomic E-state index is 0.658. The van der Waals surface area contributed by atoms with E-state index >= 15 is 0 Å². The van der Waals surface area contributed by atoms with Gasteiger partial charge < -0.3 is 10.7 Å². The maximum Gasteiger partial charge on any atom is 0.148 e. The van der Waals surface area contributed by atoms with E-state index in [1.807, 2.05) is 19.1 Å². The standard InChI is InChI=1S/C15H20BrN5/c1-4-5-13-19-14(10(3)15(20-13)21-17)18-12-7-6-11(16)8-9(12)2/h6-8H,4-5,17H2,1-3H3,(H2,18,19,20,21). The molecule has 0 radical (unpaired) electrons. The summed E-state index contributed by atoms with van der Waals surface area (Å²) in [4.78, 5) is 9.02. The van der Waals surface area contributed by atoms with Crippen molar-refractivity contribution < 1.29 is 0 Å². The third-order valence-corrected chi connectivity index (χ3v) is 3.74. The highest BCUT2D eigenvalue weighted by Crippen LogP contribution is 2.27. The van der Waals surface area contributed by atoms with E-state index in [1.165, 1.54) is 0 Å². The molecule has 2 aromatic rings. The lowest BCUT2D eigenvalue weighted by Gasteiger charge is -2.15. The fourth-order valence-corrected chi connectivity index (χ4v) is 2.53. The van der Waals surface area contributed by atoms with E-state index in [2.05, 4.69) is 56.6 Å². The van der Waals surface area contributed by atoms with Gasteiger partial charge in [0.05, 0.1) is 0 Å². The van der Waals surface area contributed by atoms with Gasteiger partial charge in [-0.05, 0) is 44.0 Å². The third-order valence-electron chi connectivity index (χ3n) is 3.24. The molecule has 1 aromatic carbocycles. The Balaban J connectivity index is 2.40. The number of hydrazine groups is 1. The van der Waals surface area contributed by atoms with E-state index in [4.69, 9.17) is 5.84 Å². The van der Waals surface area contributed by atoms with Gasteiger partial charge in [0.15, 0.2) is 0 Å². The van der Waals surface area contributed by atoms with Crippen molar-refractivity contribution in [1.82, 2.24) is 9.97 Å². The molecule has 5 nitrogen and oxygen atoms in total. The molecule has 0 bridgehead atoms. The second-order valence-electron chi connectivity index (χ2n) is 4.94. The molecule has 0 saturated heterocycles. The monoisotopic (exact) mass is 349 g/mol. The van der Waals surface area contributed by atoms with E-state index in [0.717, 1.165) is 45.8 Å². The van der Waals surface area contributed by atoms with Crippen molar-refractivity contribution in [3.8, 4) is 0 Å². The van der Waals surface area contributed by atoms with Gasteiger partial charge in [0, 0.05) is 22.1 Å². The molecule has 0 aliphatic rings. The topological polar surface area (TPSA) is 75.9 Å². The van der Waals surface area contributed by atoms with Crippen LogP contribution < -0.4 is 16.6 Å². The summed E-state index contributed by atoms with van der Waals surface area (Å²) in [5, 5.41) is 3.37. The largest absolute Gasteiger partial charge is 0.340 e. The Bertz CT molecular complexity index is 642. The zero-order valence-electron chi connectivity index (χ0n) is 12.5. The summed E-state index contributed by atoms with van der Waals surface area (Å²) in [6, 6.07) is 6.09. The first-order valence-electron chi connectivity index (χ1n) is 6.92. The predicted molar refractivity (Wildman–Crippen MR) is 90.7 cm³/mol. The van der Waals surface area contributed by atoms with Gasteiger partial charge in [-0.2, -0.15) is 0 Å². The smallest absolute Gasteiger partial charge is 0.148 e. The minimum Gasteiger partial charge on any atom is -0.340 e. The molecule has 112 valence electrons. The Labute approximate surface area is 133 Å². The highest BCUT2D eigenvalue weighted by molar-refractivity contribution is 9.10. The van der Waals surface area contributed by atoms with Gasteiger partial charge in [-0.3, -0.25) is 0 Å². The van der Waals surface area contributed by atoms with Crippen LogP contribution in [0.3, 0.4) is 0 Å². The molecule has 2 rings (SSSR count). The molecule has 4 N–H and O–H groups in total. The number of hydrogen-bond donors (Lipinski definition) is 3. The molecular formula is C15H20BrN5. The molecule has 0 amide bonds. The number of benzene rings is 1. The molecule has 0 spiro atoms. The summed E-state index contributed by atoms with van der Waals surface area (Å²) in [5.41, 5.74) is 5.71. The van der Waals surface area contributed by atoms with Gasteiger partial charge in [-0.1, -0.05) is 22.9 Å². The Morgan fingerprint density at radius 1 is 1.19 bits per heavy atom. The van der Waals surface area contributed by atoms with Crippen LogP contribution in [0.1, 0.15) is 30.3 Å². The van der Waals surface area contributed by atoms with Crippen molar-refractivity contribution >= 4 is 33.3 Å². The number of rotatable bonds is 5. The predicted octanol–water partition coefficient (Wildman–Crippen LogP) is 3.84. The Morgan fingerprint density at radius 2 is 1.90 bits per heavy atom. The summed E-state index contributed by atoms with van der Waals surface area (Å²) in [5.74, 6) is 7.78. The number of aryl methyl sites for hydroxylation is 2. The first kappa shape index (κ1) is 15.7.